The molecule has 0 aromatic rings. The van der Waals surface area contributed by atoms with Crippen LogP contribution in [-0.4, -0.2) is 202 Å². The third-order valence-corrected chi connectivity index (χ3v) is 12.2. The molecule has 1 saturated heterocycles. The van der Waals surface area contributed by atoms with Crippen LogP contribution in [0.25, 0.3) is 0 Å². The second-order valence-corrected chi connectivity index (χ2v) is 25.6. The number of carbonyl (C=O) groups is 7. The number of rotatable bonds is 18. The second kappa shape index (κ2) is 28.0. The van der Waals surface area contributed by atoms with Crippen molar-refractivity contribution in [1.29, 1.82) is 0 Å². The fourth-order valence-corrected chi connectivity index (χ4v) is 9.10. The van der Waals surface area contributed by atoms with Gasteiger partial charge in [0.25, 0.3) is 0 Å². The Hall–Kier alpha value is -5.45. The number of likely N-dealkylation sites (N-methyl/N-ethyl adjacent to an activating group) is 1. The summed E-state index contributed by atoms with van der Waals surface area (Å²) in [6, 6.07) is -6.48. The fourth-order valence-electron chi connectivity index (χ4n) is 9.10. The molecule has 0 radical (unpaired) electrons. The SMILES string of the molecule is CN(C(=O)OC(C)(C)C)[C@@H]1[C@@H](O)[C@@H](O[C@H]2[C@H](NC(=O)[C@@H](O)CCNC(=O)OC(C)(C)C)C[C@H](NC(=O)OC(C)(C)C)C([C@H]3OC(CN)=CC[C@H]3NC(=O)C(CCCNC(=O)OC(C)(C)C)NC(=O)OC(C)(C)C)[C@@H]2O)OC[C@]1(C)O. The number of amides is 7. The Kier molecular flexibility index (Phi) is 24.1. The molecule has 0 spiro atoms. The largest absolute Gasteiger partial charge is 0.491 e. The molecule has 7 amide bonds. The van der Waals surface area contributed by atoms with E-state index in [9.17, 15) is 54.0 Å². The molecule has 27 heteroatoms. The number of nitrogens with zero attached hydrogens (tertiary/aromatic N) is 1. The van der Waals surface area contributed by atoms with Gasteiger partial charge in [-0.25, -0.2) is 24.0 Å². The van der Waals surface area contributed by atoms with Gasteiger partial charge in [0.15, 0.2) is 6.29 Å². The van der Waals surface area contributed by atoms with Gasteiger partial charge in [0, 0.05) is 32.1 Å². The van der Waals surface area contributed by atoms with Gasteiger partial charge < -0.3 is 101 Å². The van der Waals surface area contributed by atoms with Crippen molar-refractivity contribution in [3.8, 4) is 0 Å². The molecule has 80 heavy (non-hydrogen) atoms. The second-order valence-electron chi connectivity index (χ2n) is 25.6. The van der Waals surface area contributed by atoms with Crippen LogP contribution >= 0.6 is 0 Å². The lowest BCUT2D eigenvalue weighted by Gasteiger charge is -2.52. The van der Waals surface area contributed by atoms with E-state index in [-0.39, 0.29) is 57.5 Å². The normalized spacial score (nSPS) is 27.2. The van der Waals surface area contributed by atoms with Gasteiger partial charge >= 0.3 is 30.5 Å². The van der Waals surface area contributed by atoms with Crippen LogP contribution in [0.15, 0.2) is 11.8 Å². The van der Waals surface area contributed by atoms with E-state index in [1.54, 1.807) is 110 Å². The molecule has 1 aliphatic carbocycles. The van der Waals surface area contributed by atoms with E-state index in [4.69, 9.17) is 43.6 Å². The number of carbonyl (C=O) groups excluding carboxylic acids is 7. The first-order chi connectivity index (χ1) is 36.5. The molecule has 2 heterocycles. The van der Waals surface area contributed by atoms with Crippen LogP contribution in [0.3, 0.4) is 0 Å². The van der Waals surface area contributed by atoms with E-state index >= 15 is 0 Å². The molecule has 27 nitrogen and oxygen atoms in total. The highest BCUT2D eigenvalue weighted by Gasteiger charge is 2.57. The molecule has 12 N–H and O–H groups in total. The number of alkyl carbamates (subject to hydrolysis) is 4. The molecule has 0 aromatic heterocycles. The van der Waals surface area contributed by atoms with E-state index in [1.165, 1.54) is 14.0 Å². The molecule has 2 unspecified atom stereocenters. The van der Waals surface area contributed by atoms with E-state index < -0.39 is 155 Å². The number of nitrogens with one attached hydrogen (secondary N) is 6. The number of ether oxygens (including phenoxy) is 8. The van der Waals surface area contributed by atoms with Gasteiger partial charge in [-0.2, -0.15) is 0 Å². The summed E-state index contributed by atoms with van der Waals surface area (Å²) >= 11 is 0. The predicted molar refractivity (Wildman–Crippen MR) is 288 cm³/mol. The van der Waals surface area contributed by atoms with Crippen LogP contribution in [0.1, 0.15) is 143 Å². The van der Waals surface area contributed by atoms with Crippen molar-refractivity contribution in [3.63, 3.8) is 0 Å². The fraction of sp³-hybridized carbons (Fsp3) is 0.830. The van der Waals surface area contributed by atoms with E-state index in [0.29, 0.717) is 0 Å². The standard InChI is InChI=1S/C53H94N8O19/c1-48(2,3)76-43(67)55-23-18-19-30(59-45(69)78-50(7,8)9)40(65)57-29-21-20-28(26-54)74-37(29)34-31(60-46(70)79-51(10,11)12)25-32(58-41(66)33(62)22-24-56-44(68)77-49(4,5)6)38(35(34)63)75-42-36(64)39(53(16,72)27-73-42)61(17)47(71)80-52(13,14)15/h20,29-39,42,62-64,72H,18-19,21-27,54H2,1-17H3,(H,55,67)(H,56,68)(H,57,65)(H,58,66)(H,59,69)(H,60,70)/t29-,30?,31+,32-,33+,34?,35+,36-,37+,38+,39-,42-,53+/m1/s1. The Bertz CT molecular complexity index is 2150. The molecule has 3 aliphatic rings. The third-order valence-electron chi connectivity index (χ3n) is 12.2. The third kappa shape index (κ3) is 22.8. The van der Waals surface area contributed by atoms with Crippen LogP contribution in [-0.2, 0) is 47.5 Å². The number of nitrogens with two attached hydrogens (primary N) is 1. The molecule has 2 aliphatic heterocycles. The van der Waals surface area contributed by atoms with Gasteiger partial charge in [0.1, 0.15) is 69.8 Å². The van der Waals surface area contributed by atoms with Crippen LogP contribution in [0, 0.1) is 5.92 Å². The smallest absolute Gasteiger partial charge is 0.410 e. The number of aliphatic hydroxyl groups is 4. The number of hydrogen-bond donors (Lipinski definition) is 11. The summed E-state index contributed by atoms with van der Waals surface area (Å²) in [5.41, 5.74) is -0.377. The zero-order chi connectivity index (χ0) is 61.1. The summed E-state index contributed by atoms with van der Waals surface area (Å²) in [5, 5.41) is 64.0. The number of aliphatic hydroxyl groups excluding tert-OH is 3. The Morgan fingerprint density at radius 3 is 1.75 bits per heavy atom. The zero-order valence-electron chi connectivity index (χ0n) is 49.8. The van der Waals surface area contributed by atoms with Crippen molar-refractivity contribution in [3.05, 3.63) is 11.8 Å². The molecule has 1 saturated carbocycles. The van der Waals surface area contributed by atoms with Crippen molar-refractivity contribution in [2.45, 2.75) is 244 Å². The van der Waals surface area contributed by atoms with Crippen molar-refractivity contribution in [2.75, 3.05) is 33.3 Å². The average Bonchev–Trinajstić information content (AvgIpc) is 3.26. The molecular weight excluding hydrogens is 1050 g/mol. The number of hydrogen-bond acceptors (Lipinski definition) is 20. The maximum absolute atomic E-state index is 14.6. The Labute approximate surface area is 470 Å². The topological polar surface area (TPSA) is 376 Å². The quantitative estimate of drug-likeness (QED) is 0.0693. The molecule has 0 bridgehead atoms. The van der Waals surface area contributed by atoms with E-state index in [1.807, 2.05) is 0 Å². The molecule has 2 fully saturated rings. The maximum Gasteiger partial charge on any atom is 0.410 e. The zero-order valence-corrected chi connectivity index (χ0v) is 49.8. The van der Waals surface area contributed by atoms with Gasteiger partial charge in [-0.15, -0.1) is 0 Å². The van der Waals surface area contributed by atoms with Crippen molar-refractivity contribution < 1.29 is 91.9 Å². The lowest BCUT2D eigenvalue weighted by Crippen LogP contribution is -2.71. The summed E-state index contributed by atoms with van der Waals surface area (Å²) < 4.78 is 46.2. The maximum atomic E-state index is 14.6. The minimum atomic E-state index is -1.91. The minimum absolute atomic E-state index is 0.0120. The van der Waals surface area contributed by atoms with E-state index in [2.05, 4.69) is 31.9 Å². The first-order valence-corrected chi connectivity index (χ1v) is 27.1. The molecule has 460 valence electrons. The van der Waals surface area contributed by atoms with Crippen LogP contribution in [0.4, 0.5) is 24.0 Å². The molecular formula is C53H94N8O19. The highest BCUT2D eigenvalue weighted by atomic mass is 16.7. The van der Waals surface area contributed by atoms with Gasteiger partial charge in [0.05, 0.1) is 37.4 Å². The highest BCUT2D eigenvalue weighted by molar-refractivity contribution is 5.86. The summed E-state index contributed by atoms with van der Waals surface area (Å²) in [4.78, 5) is 94.9. The van der Waals surface area contributed by atoms with Gasteiger partial charge in [-0.05, 0) is 149 Å². The summed E-state index contributed by atoms with van der Waals surface area (Å²) in [6.45, 7) is 25.2. The van der Waals surface area contributed by atoms with Gasteiger partial charge in [0.2, 0.25) is 11.8 Å². The van der Waals surface area contributed by atoms with Crippen molar-refractivity contribution >= 4 is 42.3 Å². The van der Waals surface area contributed by atoms with Crippen LogP contribution < -0.4 is 37.6 Å². The van der Waals surface area contributed by atoms with Gasteiger partial charge in [-0.1, -0.05) is 0 Å². The predicted octanol–water partition coefficient (Wildman–Crippen LogP) is 2.42. The first-order valence-electron chi connectivity index (χ1n) is 27.1. The average molecular weight is 1150 g/mol. The van der Waals surface area contributed by atoms with Crippen LogP contribution in [0.5, 0.6) is 0 Å². The van der Waals surface area contributed by atoms with E-state index in [0.717, 1.165) is 4.90 Å². The highest BCUT2D eigenvalue weighted by Crippen LogP contribution is 2.39. The summed E-state index contributed by atoms with van der Waals surface area (Å²) in [7, 11) is 1.30. The Morgan fingerprint density at radius 2 is 1.21 bits per heavy atom. The Balaban J connectivity index is 2.18. The van der Waals surface area contributed by atoms with Crippen LogP contribution in [0.2, 0.25) is 0 Å². The lowest BCUT2D eigenvalue weighted by atomic mass is 9.72. The van der Waals surface area contributed by atoms with Crippen molar-refractivity contribution in [1.82, 2.24) is 36.8 Å². The molecule has 0 aromatic carbocycles. The summed E-state index contributed by atoms with van der Waals surface area (Å²) in [5.74, 6) is -2.89. The minimum Gasteiger partial charge on any atom is -0.491 e. The molecule has 13 atom stereocenters. The monoisotopic (exact) mass is 1150 g/mol. The Morgan fingerprint density at radius 1 is 0.700 bits per heavy atom. The molecule has 3 rings (SSSR count). The lowest BCUT2D eigenvalue weighted by molar-refractivity contribution is -0.305. The van der Waals surface area contributed by atoms with Gasteiger partial charge in [-0.3, -0.25) is 9.59 Å². The first kappa shape index (κ1) is 68.8. The summed E-state index contributed by atoms with van der Waals surface area (Å²) in [6.07, 6.45) is -13.5. The van der Waals surface area contributed by atoms with Crippen molar-refractivity contribution in [2.24, 2.45) is 11.7 Å².